The highest BCUT2D eigenvalue weighted by molar-refractivity contribution is 9.10. The van der Waals surface area contributed by atoms with Crippen LogP contribution in [-0.4, -0.2) is 36.3 Å². The van der Waals surface area contributed by atoms with Gasteiger partial charge < -0.3 is 19.2 Å². The second kappa shape index (κ2) is 7.09. The molecule has 0 aliphatic rings. The number of hydrogen-bond acceptors (Lipinski definition) is 5. The van der Waals surface area contributed by atoms with Crippen LogP contribution in [0.4, 0.5) is 0 Å². The number of aryl methyl sites for hydroxylation is 2. The van der Waals surface area contributed by atoms with Crippen molar-refractivity contribution >= 4 is 27.1 Å². The molecule has 0 spiro atoms. The van der Waals surface area contributed by atoms with Crippen molar-refractivity contribution in [2.24, 2.45) is 0 Å². The molecule has 3 aromatic rings. The summed E-state index contributed by atoms with van der Waals surface area (Å²) in [4.78, 5) is 12.1. The van der Waals surface area contributed by atoms with Crippen LogP contribution in [0.3, 0.4) is 0 Å². The first kappa shape index (κ1) is 16.6. The molecule has 0 saturated carbocycles. The highest BCUT2D eigenvalue weighted by atomic mass is 79.9. The number of benzene rings is 1. The van der Waals surface area contributed by atoms with E-state index in [9.17, 15) is 0 Å². The molecule has 7 heteroatoms. The summed E-state index contributed by atoms with van der Waals surface area (Å²) < 4.78 is 17.0. The van der Waals surface area contributed by atoms with E-state index in [1.54, 1.807) is 27.5 Å². The maximum Gasteiger partial charge on any atom is 0.203 e. The van der Waals surface area contributed by atoms with Crippen LogP contribution < -0.4 is 14.2 Å². The molecular weight excluding hydrogens is 374 g/mol. The number of halogens is 1. The highest BCUT2D eigenvalue weighted by Gasteiger charge is 2.13. The highest BCUT2D eigenvalue weighted by Crippen LogP contribution is 2.38. The van der Waals surface area contributed by atoms with Gasteiger partial charge in [-0.2, -0.15) is 0 Å². The summed E-state index contributed by atoms with van der Waals surface area (Å²) in [7, 11) is 4.83. The first-order valence-electron chi connectivity index (χ1n) is 7.43. The predicted octanol–water partition coefficient (Wildman–Crippen LogP) is 3.53. The van der Waals surface area contributed by atoms with Gasteiger partial charge in [0.05, 0.1) is 26.8 Å². The largest absolute Gasteiger partial charge is 0.493 e. The van der Waals surface area contributed by atoms with Crippen LogP contribution in [0.15, 0.2) is 28.9 Å². The summed E-state index contributed by atoms with van der Waals surface area (Å²) in [6.07, 6.45) is 3.29. The lowest BCUT2D eigenvalue weighted by Crippen LogP contribution is -1.99. The van der Waals surface area contributed by atoms with Gasteiger partial charge in [0.1, 0.15) is 5.82 Å². The number of pyridine rings is 1. The van der Waals surface area contributed by atoms with Crippen LogP contribution in [-0.2, 0) is 12.8 Å². The number of H-pyrrole nitrogens is 1. The molecule has 0 unspecified atom stereocenters. The lowest BCUT2D eigenvalue weighted by atomic mass is 10.1. The summed E-state index contributed by atoms with van der Waals surface area (Å²) in [5.41, 5.74) is 2.72. The Morgan fingerprint density at radius 2 is 1.71 bits per heavy atom. The number of ether oxygens (including phenoxy) is 3. The summed E-state index contributed by atoms with van der Waals surface area (Å²) in [6.45, 7) is 0. The number of imidazole rings is 1. The molecule has 1 aromatic carbocycles. The van der Waals surface area contributed by atoms with Crippen LogP contribution in [0.25, 0.3) is 11.2 Å². The lowest BCUT2D eigenvalue weighted by Gasteiger charge is -2.13. The Morgan fingerprint density at radius 1 is 1.00 bits per heavy atom. The summed E-state index contributed by atoms with van der Waals surface area (Å²) >= 11 is 3.41. The maximum absolute atomic E-state index is 5.39. The molecule has 0 bridgehead atoms. The molecule has 3 rings (SSSR count). The molecule has 6 nitrogen and oxygen atoms in total. The van der Waals surface area contributed by atoms with Crippen LogP contribution in [0.5, 0.6) is 17.2 Å². The molecule has 24 heavy (non-hydrogen) atoms. The molecule has 0 aliphatic carbocycles. The predicted molar refractivity (Wildman–Crippen MR) is 95.1 cm³/mol. The Hall–Kier alpha value is -2.28. The molecule has 0 amide bonds. The van der Waals surface area contributed by atoms with E-state index in [0.29, 0.717) is 17.2 Å². The number of nitrogens with one attached hydrogen (secondary N) is 1. The molecule has 0 radical (unpaired) electrons. The van der Waals surface area contributed by atoms with E-state index in [-0.39, 0.29) is 0 Å². The van der Waals surface area contributed by atoms with Crippen molar-refractivity contribution in [1.82, 2.24) is 15.0 Å². The van der Waals surface area contributed by atoms with Gasteiger partial charge in [0.25, 0.3) is 0 Å². The summed E-state index contributed by atoms with van der Waals surface area (Å²) in [5, 5.41) is 0. The number of aromatic nitrogens is 3. The smallest absolute Gasteiger partial charge is 0.203 e. The third kappa shape index (κ3) is 3.31. The third-order valence-corrected chi connectivity index (χ3v) is 4.16. The second-order valence-corrected chi connectivity index (χ2v) is 6.16. The van der Waals surface area contributed by atoms with E-state index in [1.165, 1.54) is 0 Å². The van der Waals surface area contributed by atoms with Crippen molar-refractivity contribution in [2.75, 3.05) is 21.3 Å². The number of fused-ring (bicyclic) bond motifs is 1. The topological polar surface area (TPSA) is 69.3 Å². The van der Waals surface area contributed by atoms with Crippen LogP contribution in [0.2, 0.25) is 0 Å². The fraction of sp³-hybridized carbons (Fsp3) is 0.294. The molecule has 0 aliphatic heterocycles. The zero-order valence-corrected chi connectivity index (χ0v) is 15.3. The fourth-order valence-corrected chi connectivity index (χ4v) is 2.92. The zero-order chi connectivity index (χ0) is 17.1. The van der Waals surface area contributed by atoms with Crippen molar-refractivity contribution < 1.29 is 14.2 Å². The average Bonchev–Trinajstić information content (AvgIpc) is 3.00. The van der Waals surface area contributed by atoms with Crippen molar-refractivity contribution in [3.63, 3.8) is 0 Å². The number of nitrogens with zero attached hydrogens (tertiary/aromatic N) is 2. The van der Waals surface area contributed by atoms with Crippen molar-refractivity contribution in [3.8, 4) is 17.2 Å². The Labute approximate surface area is 148 Å². The van der Waals surface area contributed by atoms with Gasteiger partial charge in [-0.1, -0.05) is 0 Å². The van der Waals surface area contributed by atoms with E-state index < -0.39 is 0 Å². The van der Waals surface area contributed by atoms with Crippen LogP contribution in [0.1, 0.15) is 11.4 Å². The molecule has 1 N–H and O–H groups in total. The van der Waals surface area contributed by atoms with E-state index in [0.717, 1.165) is 39.9 Å². The molecule has 2 heterocycles. The van der Waals surface area contributed by atoms with Crippen LogP contribution >= 0.6 is 15.9 Å². The van der Waals surface area contributed by atoms with Crippen molar-refractivity contribution in [3.05, 3.63) is 40.3 Å². The molecule has 0 atom stereocenters. The van der Waals surface area contributed by atoms with Crippen LogP contribution in [0, 0.1) is 0 Å². The number of methoxy groups -OCH3 is 3. The fourth-order valence-electron chi connectivity index (χ4n) is 2.59. The minimum atomic E-state index is 0.599. The average molecular weight is 392 g/mol. The SMILES string of the molecule is COc1cc(CCc2nc3ncc(Br)cc3[nH]2)cc(OC)c1OC. The number of aromatic amines is 1. The van der Waals surface area contributed by atoms with Gasteiger partial charge in [-0.15, -0.1) is 0 Å². The van der Waals surface area contributed by atoms with E-state index in [1.807, 2.05) is 18.2 Å². The Kier molecular flexibility index (Phi) is 4.89. The van der Waals surface area contributed by atoms with Gasteiger partial charge in [-0.25, -0.2) is 9.97 Å². The minimum absolute atomic E-state index is 0.599. The van der Waals surface area contributed by atoms with Crippen molar-refractivity contribution in [1.29, 1.82) is 0 Å². The normalized spacial score (nSPS) is 10.8. The molecular formula is C17H18BrN3O3. The number of rotatable bonds is 6. The zero-order valence-electron chi connectivity index (χ0n) is 13.7. The van der Waals surface area contributed by atoms with Gasteiger partial charge in [0, 0.05) is 17.1 Å². The Morgan fingerprint density at radius 3 is 2.33 bits per heavy atom. The minimum Gasteiger partial charge on any atom is -0.493 e. The Balaban J connectivity index is 1.82. The summed E-state index contributed by atoms with van der Waals surface area (Å²) in [6, 6.07) is 5.88. The first-order valence-corrected chi connectivity index (χ1v) is 8.23. The molecule has 2 aromatic heterocycles. The van der Waals surface area contributed by atoms with E-state index >= 15 is 0 Å². The number of hydrogen-bond donors (Lipinski definition) is 1. The van der Waals surface area contributed by atoms with Gasteiger partial charge in [0.15, 0.2) is 17.1 Å². The Bertz CT molecular complexity index is 838. The molecule has 126 valence electrons. The van der Waals surface area contributed by atoms with E-state index in [2.05, 4.69) is 30.9 Å². The lowest BCUT2D eigenvalue weighted by molar-refractivity contribution is 0.324. The molecule has 0 fully saturated rings. The van der Waals surface area contributed by atoms with E-state index in [4.69, 9.17) is 14.2 Å². The van der Waals surface area contributed by atoms with Gasteiger partial charge in [-0.05, 0) is 46.1 Å². The second-order valence-electron chi connectivity index (χ2n) is 5.24. The maximum atomic E-state index is 5.39. The van der Waals surface area contributed by atoms with Gasteiger partial charge in [-0.3, -0.25) is 0 Å². The monoisotopic (exact) mass is 391 g/mol. The van der Waals surface area contributed by atoms with Crippen molar-refractivity contribution in [2.45, 2.75) is 12.8 Å². The third-order valence-electron chi connectivity index (χ3n) is 3.73. The van der Waals surface area contributed by atoms with Gasteiger partial charge >= 0.3 is 0 Å². The quantitative estimate of drug-likeness (QED) is 0.695. The van der Waals surface area contributed by atoms with Gasteiger partial charge in [0.2, 0.25) is 5.75 Å². The summed E-state index contributed by atoms with van der Waals surface area (Å²) in [5.74, 6) is 2.80. The first-order chi connectivity index (χ1) is 11.6. The molecule has 0 saturated heterocycles. The standard InChI is InChI=1S/C17H18BrN3O3/c1-22-13-6-10(7-14(23-2)16(13)24-3)4-5-15-20-12-8-11(18)9-19-17(12)21-15/h6-9H,4-5H2,1-3H3,(H,19,20,21).